The SMILES string of the molecule is [2H]c1c([2H])c([2H])c(N(c2ccccc2)c2ccccc2-c2cccc3oc4c5ccccc5ccc4c23)c([2H])c1[2H]. The lowest BCUT2D eigenvalue weighted by molar-refractivity contribution is 0.673. The number of anilines is 3. The minimum absolute atomic E-state index is 0.0878. The number of fused-ring (bicyclic) bond motifs is 5. The van der Waals surface area contributed by atoms with Crippen molar-refractivity contribution in [3.05, 3.63) is 139 Å². The van der Waals surface area contributed by atoms with Gasteiger partial charge in [-0.2, -0.15) is 0 Å². The topological polar surface area (TPSA) is 16.4 Å². The third-order valence-corrected chi connectivity index (χ3v) is 6.55. The first-order valence-electron chi connectivity index (χ1n) is 14.3. The molecule has 0 radical (unpaired) electrons. The van der Waals surface area contributed by atoms with E-state index < -0.39 is 6.04 Å². The molecule has 6 aromatic carbocycles. The number of nitrogens with zero attached hydrogens (tertiary/aromatic N) is 1. The number of benzene rings is 6. The second kappa shape index (κ2) is 8.44. The Balaban J connectivity index is 1.56. The predicted octanol–water partition coefficient (Wildman–Crippen LogP) is 9.88. The van der Waals surface area contributed by atoms with Crippen LogP contribution in [0.25, 0.3) is 43.8 Å². The summed E-state index contributed by atoms with van der Waals surface area (Å²) in [5.74, 6) is 0. The van der Waals surface area contributed by atoms with Gasteiger partial charge in [-0.3, -0.25) is 0 Å². The maximum Gasteiger partial charge on any atom is 0.143 e. The van der Waals surface area contributed by atoms with Crippen molar-refractivity contribution in [3.8, 4) is 11.1 Å². The molecule has 0 N–H and O–H groups in total. The van der Waals surface area contributed by atoms with Crippen LogP contribution in [0.2, 0.25) is 0 Å². The van der Waals surface area contributed by atoms with Gasteiger partial charge in [0.05, 0.1) is 12.5 Å². The Labute approximate surface area is 216 Å². The van der Waals surface area contributed by atoms with Gasteiger partial charge < -0.3 is 9.32 Å². The monoisotopic (exact) mass is 466 g/mol. The van der Waals surface area contributed by atoms with Gasteiger partial charge in [0.1, 0.15) is 11.2 Å². The quantitative estimate of drug-likeness (QED) is 0.257. The van der Waals surface area contributed by atoms with Crippen molar-refractivity contribution >= 4 is 49.8 Å². The van der Waals surface area contributed by atoms with Crippen LogP contribution in [-0.4, -0.2) is 0 Å². The largest absolute Gasteiger partial charge is 0.455 e. The first-order chi connectivity index (χ1) is 20.0. The number of hydrogen-bond donors (Lipinski definition) is 0. The zero-order valence-electron chi connectivity index (χ0n) is 24.2. The molecule has 170 valence electrons. The van der Waals surface area contributed by atoms with Crippen LogP contribution in [0.5, 0.6) is 0 Å². The molecular formula is C34H23NO. The third-order valence-electron chi connectivity index (χ3n) is 6.55. The van der Waals surface area contributed by atoms with E-state index in [0.717, 1.165) is 43.8 Å². The lowest BCUT2D eigenvalue weighted by atomic mass is 9.96. The fourth-order valence-electron chi connectivity index (χ4n) is 5.00. The van der Waals surface area contributed by atoms with E-state index in [1.54, 1.807) is 4.90 Å². The summed E-state index contributed by atoms with van der Waals surface area (Å²) >= 11 is 0. The molecule has 0 unspecified atom stereocenters. The maximum absolute atomic E-state index is 8.80. The molecular weight excluding hydrogens is 438 g/mol. The molecule has 1 aromatic heterocycles. The molecule has 36 heavy (non-hydrogen) atoms. The minimum atomic E-state index is -0.424. The highest BCUT2D eigenvalue weighted by molar-refractivity contribution is 6.19. The van der Waals surface area contributed by atoms with Gasteiger partial charge in [0.25, 0.3) is 0 Å². The van der Waals surface area contributed by atoms with E-state index in [2.05, 4.69) is 24.3 Å². The van der Waals surface area contributed by atoms with Crippen LogP contribution in [0, 0.1) is 0 Å². The highest BCUT2D eigenvalue weighted by Crippen LogP contribution is 2.45. The van der Waals surface area contributed by atoms with Crippen molar-refractivity contribution < 1.29 is 11.3 Å². The molecule has 0 saturated heterocycles. The van der Waals surface area contributed by atoms with Crippen LogP contribution in [0.3, 0.4) is 0 Å². The van der Waals surface area contributed by atoms with Crippen molar-refractivity contribution in [2.75, 3.05) is 4.90 Å². The third kappa shape index (κ3) is 3.27. The zero-order valence-corrected chi connectivity index (χ0v) is 19.2. The summed E-state index contributed by atoms with van der Waals surface area (Å²) in [5, 5.41) is 4.07. The van der Waals surface area contributed by atoms with Gasteiger partial charge in [-0.15, -0.1) is 0 Å². The maximum atomic E-state index is 8.80. The normalized spacial score (nSPS) is 13.3. The van der Waals surface area contributed by atoms with Crippen LogP contribution >= 0.6 is 0 Å². The van der Waals surface area contributed by atoms with Crippen molar-refractivity contribution in [3.63, 3.8) is 0 Å². The first kappa shape index (κ1) is 16.0. The Morgan fingerprint density at radius 2 is 1.31 bits per heavy atom. The van der Waals surface area contributed by atoms with Crippen molar-refractivity contribution in [2.24, 2.45) is 0 Å². The molecule has 2 nitrogen and oxygen atoms in total. The molecule has 0 amide bonds. The molecule has 1 heterocycles. The minimum Gasteiger partial charge on any atom is -0.455 e. The predicted molar refractivity (Wildman–Crippen MR) is 151 cm³/mol. The zero-order chi connectivity index (χ0) is 28.2. The lowest BCUT2D eigenvalue weighted by Gasteiger charge is -2.28. The summed E-state index contributed by atoms with van der Waals surface area (Å²) in [6.45, 7) is 0. The fraction of sp³-hybridized carbons (Fsp3) is 0. The summed E-state index contributed by atoms with van der Waals surface area (Å²) in [4.78, 5) is 1.76. The number of hydrogen-bond acceptors (Lipinski definition) is 2. The van der Waals surface area contributed by atoms with Gasteiger partial charge in [-0.05, 0) is 53.4 Å². The number of para-hydroxylation sites is 3. The van der Waals surface area contributed by atoms with Gasteiger partial charge >= 0.3 is 0 Å². The van der Waals surface area contributed by atoms with Gasteiger partial charge in [0.2, 0.25) is 0 Å². The highest BCUT2D eigenvalue weighted by Gasteiger charge is 2.20. The Morgan fingerprint density at radius 1 is 0.556 bits per heavy atom. The Bertz CT molecular complexity index is 2090. The summed E-state index contributed by atoms with van der Waals surface area (Å²) < 4.78 is 48.9. The van der Waals surface area contributed by atoms with E-state index in [1.807, 2.05) is 84.9 Å². The van der Waals surface area contributed by atoms with Gasteiger partial charge in [0.15, 0.2) is 0 Å². The van der Waals surface area contributed by atoms with E-state index >= 15 is 0 Å². The van der Waals surface area contributed by atoms with E-state index in [9.17, 15) is 0 Å². The molecule has 0 bridgehead atoms. The molecule has 7 rings (SSSR count). The summed E-state index contributed by atoms with van der Waals surface area (Å²) in [7, 11) is 0. The van der Waals surface area contributed by atoms with E-state index in [4.69, 9.17) is 11.3 Å². The smallest absolute Gasteiger partial charge is 0.143 e. The molecule has 0 saturated carbocycles. The van der Waals surface area contributed by atoms with E-state index in [1.165, 1.54) is 0 Å². The Kier molecular flexibility index (Phi) is 3.74. The van der Waals surface area contributed by atoms with Gasteiger partial charge in [-0.25, -0.2) is 0 Å². The van der Waals surface area contributed by atoms with Crippen molar-refractivity contribution in [2.45, 2.75) is 0 Å². The highest BCUT2D eigenvalue weighted by atomic mass is 16.3. The van der Waals surface area contributed by atoms with Gasteiger partial charge in [-0.1, -0.05) is 97.0 Å². The first-order valence-corrected chi connectivity index (χ1v) is 11.8. The van der Waals surface area contributed by atoms with Gasteiger partial charge in [0, 0.05) is 33.1 Å². The second-order valence-electron chi connectivity index (χ2n) is 8.61. The molecule has 0 spiro atoms. The molecule has 2 heteroatoms. The Hall–Kier alpha value is -4.82. The fourth-order valence-corrected chi connectivity index (χ4v) is 5.00. The molecule has 0 aliphatic rings. The number of rotatable bonds is 4. The van der Waals surface area contributed by atoms with Crippen LogP contribution in [0.4, 0.5) is 17.1 Å². The average molecular weight is 467 g/mol. The Morgan fingerprint density at radius 3 is 2.19 bits per heavy atom. The van der Waals surface area contributed by atoms with E-state index in [-0.39, 0.29) is 29.9 Å². The van der Waals surface area contributed by atoms with Crippen molar-refractivity contribution in [1.29, 1.82) is 0 Å². The summed E-state index contributed by atoms with van der Waals surface area (Å²) in [5.41, 5.74) is 4.76. The molecule has 0 fully saturated rings. The van der Waals surface area contributed by atoms with Crippen LogP contribution in [0.15, 0.2) is 144 Å². The standard InChI is InChI=1S/C34H23NO/c1-3-13-25(14-4-1)35(26-15-5-2-6-16-26)31-20-10-9-18-28(31)29-19-11-21-32-33(29)30-23-22-24-12-7-8-17-27(24)34(30)36-32/h1-23H/i1D,3D,4D,13D,14D. The molecule has 0 atom stereocenters. The summed E-state index contributed by atoms with van der Waals surface area (Å²) in [6.07, 6.45) is 0. The van der Waals surface area contributed by atoms with Crippen molar-refractivity contribution in [1.82, 2.24) is 0 Å². The van der Waals surface area contributed by atoms with Crippen LogP contribution in [0.1, 0.15) is 6.85 Å². The molecule has 7 aromatic rings. The van der Waals surface area contributed by atoms with Crippen LogP contribution < -0.4 is 4.90 Å². The van der Waals surface area contributed by atoms with E-state index in [0.29, 0.717) is 11.4 Å². The lowest BCUT2D eigenvalue weighted by Crippen LogP contribution is -2.10. The summed E-state index contributed by atoms with van der Waals surface area (Å²) in [6, 6.07) is 33.7. The second-order valence-corrected chi connectivity index (χ2v) is 8.61. The van der Waals surface area contributed by atoms with Crippen LogP contribution in [-0.2, 0) is 0 Å². The molecule has 0 aliphatic carbocycles. The average Bonchev–Trinajstić information content (AvgIpc) is 3.41. The number of furan rings is 1. The molecule has 0 aliphatic heterocycles.